The highest BCUT2D eigenvalue weighted by Crippen LogP contribution is 2.22. The predicted octanol–water partition coefficient (Wildman–Crippen LogP) is 4.47. The fraction of sp³-hybridized carbons (Fsp3) is 0.267. The van der Waals surface area contributed by atoms with Gasteiger partial charge in [-0.2, -0.15) is 0 Å². The van der Waals surface area contributed by atoms with Crippen molar-refractivity contribution < 1.29 is 4.79 Å². The predicted molar refractivity (Wildman–Crippen MR) is 85.3 cm³/mol. The maximum atomic E-state index is 12.3. The Balaban J connectivity index is 2.30. The van der Waals surface area contributed by atoms with Gasteiger partial charge in [0.1, 0.15) is 5.15 Å². The van der Waals surface area contributed by atoms with Gasteiger partial charge in [-0.15, -0.1) is 0 Å². The second-order valence-electron chi connectivity index (χ2n) is 5.06. The van der Waals surface area contributed by atoms with E-state index in [-0.39, 0.29) is 17.0 Å². The lowest BCUT2D eigenvalue weighted by molar-refractivity contribution is 0.102. The first kappa shape index (κ1) is 15.7. The zero-order valence-corrected chi connectivity index (χ0v) is 13.5. The van der Waals surface area contributed by atoms with Crippen LogP contribution in [0.25, 0.3) is 0 Å². The minimum atomic E-state index is -0.296. The summed E-state index contributed by atoms with van der Waals surface area (Å²) in [6.45, 7) is 5.85. The number of pyridine rings is 2. The van der Waals surface area contributed by atoms with Crippen LogP contribution < -0.4 is 5.32 Å². The summed E-state index contributed by atoms with van der Waals surface area (Å²) in [6, 6.07) is 5.02. The van der Waals surface area contributed by atoms with E-state index in [1.54, 1.807) is 18.3 Å². The van der Waals surface area contributed by atoms with Gasteiger partial charge in [0.15, 0.2) is 5.15 Å². The molecule has 2 aromatic rings. The lowest BCUT2D eigenvalue weighted by atomic mass is 10.1. The average molecular weight is 324 g/mol. The van der Waals surface area contributed by atoms with Crippen LogP contribution >= 0.6 is 23.2 Å². The zero-order chi connectivity index (χ0) is 15.6. The lowest BCUT2D eigenvalue weighted by Gasteiger charge is -2.10. The number of carbonyl (C=O) groups excluding carboxylic acids is 1. The van der Waals surface area contributed by atoms with E-state index >= 15 is 0 Å². The summed E-state index contributed by atoms with van der Waals surface area (Å²) in [4.78, 5) is 20.5. The van der Waals surface area contributed by atoms with Gasteiger partial charge in [0, 0.05) is 17.5 Å². The van der Waals surface area contributed by atoms with E-state index in [2.05, 4.69) is 15.3 Å². The summed E-state index contributed by atoms with van der Waals surface area (Å²) in [7, 11) is 0. The van der Waals surface area contributed by atoms with Crippen LogP contribution in [0.1, 0.15) is 41.4 Å². The SMILES string of the molecule is Cc1cnc(Cl)c(NC(=O)c2cc(Cl)nc(C(C)C)c2)c1. The molecular formula is C15H15Cl2N3O. The molecule has 21 heavy (non-hydrogen) atoms. The Morgan fingerprint density at radius 2 is 1.95 bits per heavy atom. The van der Waals surface area contributed by atoms with Crippen molar-refractivity contribution >= 4 is 34.8 Å². The van der Waals surface area contributed by atoms with Crippen molar-refractivity contribution in [2.24, 2.45) is 0 Å². The minimum absolute atomic E-state index is 0.180. The van der Waals surface area contributed by atoms with Crippen LogP contribution in [-0.2, 0) is 0 Å². The van der Waals surface area contributed by atoms with E-state index in [0.717, 1.165) is 11.3 Å². The Morgan fingerprint density at radius 1 is 1.24 bits per heavy atom. The summed E-state index contributed by atoms with van der Waals surface area (Å²) in [6.07, 6.45) is 1.64. The second kappa shape index (κ2) is 6.41. The number of anilines is 1. The third-order valence-corrected chi connectivity index (χ3v) is 3.39. The molecule has 2 rings (SSSR count). The molecule has 0 atom stereocenters. The van der Waals surface area contributed by atoms with Crippen LogP contribution in [-0.4, -0.2) is 15.9 Å². The fourth-order valence-corrected chi connectivity index (χ4v) is 2.14. The Hall–Kier alpha value is -1.65. The van der Waals surface area contributed by atoms with Gasteiger partial charge in [0.2, 0.25) is 0 Å². The Bertz CT molecular complexity index is 687. The second-order valence-corrected chi connectivity index (χ2v) is 5.81. The van der Waals surface area contributed by atoms with Crippen LogP contribution in [0.15, 0.2) is 24.4 Å². The number of nitrogens with one attached hydrogen (secondary N) is 1. The molecule has 0 radical (unpaired) electrons. The number of halogens is 2. The van der Waals surface area contributed by atoms with Crippen LogP contribution in [0.4, 0.5) is 5.69 Å². The van der Waals surface area contributed by atoms with Gasteiger partial charge in [0.05, 0.1) is 5.69 Å². The summed E-state index contributed by atoms with van der Waals surface area (Å²) < 4.78 is 0. The first-order valence-electron chi connectivity index (χ1n) is 6.48. The van der Waals surface area contributed by atoms with Crippen molar-refractivity contribution in [3.63, 3.8) is 0 Å². The van der Waals surface area contributed by atoms with Crippen LogP contribution in [0.5, 0.6) is 0 Å². The fourth-order valence-electron chi connectivity index (χ4n) is 1.78. The molecule has 110 valence electrons. The Morgan fingerprint density at radius 3 is 2.62 bits per heavy atom. The molecule has 0 aliphatic carbocycles. The van der Waals surface area contributed by atoms with Gasteiger partial charge in [-0.3, -0.25) is 4.79 Å². The molecule has 0 saturated heterocycles. The van der Waals surface area contributed by atoms with Gasteiger partial charge < -0.3 is 5.32 Å². The van der Waals surface area contributed by atoms with Gasteiger partial charge in [-0.05, 0) is 36.6 Å². The molecule has 1 N–H and O–H groups in total. The third kappa shape index (κ3) is 3.93. The van der Waals surface area contributed by atoms with E-state index in [4.69, 9.17) is 23.2 Å². The maximum Gasteiger partial charge on any atom is 0.255 e. The van der Waals surface area contributed by atoms with E-state index in [1.165, 1.54) is 6.07 Å². The summed E-state index contributed by atoms with van der Waals surface area (Å²) >= 11 is 11.9. The maximum absolute atomic E-state index is 12.3. The summed E-state index contributed by atoms with van der Waals surface area (Å²) in [5.74, 6) is -0.116. The Kier molecular flexibility index (Phi) is 4.80. The summed E-state index contributed by atoms with van der Waals surface area (Å²) in [5.41, 5.74) is 2.59. The molecule has 0 unspecified atom stereocenters. The number of rotatable bonds is 3. The Labute approximate surface area is 133 Å². The molecule has 6 heteroatoms. The van der Waals surface area contributed by atoms with Gasteiger partial charge in [0.25, 0.3) is 5.91 Å². The molecule has 2 aromatic heterocycles. The monoisotopic (exact) mass is 323 g/mol. The molecule has 0 bridgehead atoms. The molecule has 0 aromatic carbocycles. The number of amides is 1. The molecule has 0 aliphatic heterocycles. The average Bonchev–Trinajstić information content (AvgIpc) is 2.42. The van der Waals surface area contributed by atoms with Gasteiger partial charge in [-0.25, -0.2) is 9.97 Å². The largest absolute Gasteiger partial charge is 0.319 e. The lowest BCUT2D eigenvalue weighted by Crippen LogP contribution is -2.14. The number of hydrogen-bond acceptors (Lipinski definition) is 3. The van der Waals surface area contributed by atoms with Crippen molar-refractivity contribution in [1.82, 2.24) is 9.97 Å². The molecule has 1 amide bonds. The molecule has 2 heterocycles. The molecule has 0 saturated carbocycles. The minimum Gasteiger partial charge on any atom is -0.319 e. The topological polar surface area (TPSA) is 54.9 Å². The molecule has 0 spiro atoms. The van der Waals surface area contributed by atoms with Crippen molar-refractivity contribution in [2.45, 2.75) is 26.7 Å². The summed E-state index contributed by atoms with van der Waals surface area (Å²) in [5, 5.41) is 3.28. The highest BCUT2D eigenvalue weighted by atomic mass is 35.5. The number of carbonyl (C=O) groups is 1. The number of aromatic nitrogens is 2. The van der Waals surface area contributed by atoms with E-state index in [1.807, 2.05) is 20.8 Å². The van der Waals surface area contributed by atoms with Crippen molar-refractivity contribution in [3.05, 3.63) is 51.5 Å². The highest BCUT2D eigenvalue weighted by Gasteiger charge is 2.13. The normalized spacial score (nSPS) is 10.8. The smallest absolute Gasteiger partial charge is 0.255 e. The third-order valence-electron chi connectivity index (χ3n) is 2.89. The van der Waals surface area contributed by atoms with E-state index in [0.29, 0.717) is 16.4 Å². The van der Waals surface area contributed by atoms with E-state index in [9.17, 15) is 4.79 Å². The van der Waals surface area contributed by atoms with Crippen LogP contribution in [0, 0.1) is 6.92 Å². The van der Waals surface area contributed by atoms with Crippen LogP contribution in [0.3, 0.4) is 0 Å². The number of nitrogens with zero attached hydrogens (tertiary/aromatic N) is 2. The van der Waals surface area contributed by atoms with Crippen molar-refractivity contribution in [2.75, 3.05) is 5.32 Å². The first-order chi connectivity index (χ1) is 9.86. The van der Waals surface area contributed by atoms with Gasteiger partial charge in [-0.1, -0.05) is 37.0 Å². The van der Waals surface area contributed by atoms with Crippen LogP contribution in [0.2, 0.25) is 10.3 Å². The number of aryl methyl sites for hydroxylation is 1. The van der Waals surface area contributed by atoms with Crippen molar-refractivity contribution in [1.29, 1.82) is 0 Å². The van der Waals surface area contributed by atoms with E-state index < -0.39 is 0 Å². The standard InChI is InChI=1S/C15H15Cl2N3O/c1-8(2)11-5-10(6-13(16)19-11)15(21)20-12-4-9(3)7-18-14(12)17/h4-8H,1-3H3,(H,20,21). The number of hydrogen-bond donors (Lipinski definition) is 1. The highest BCUT2D eigenvalue weighted by molar-refractivity contribution is 6.33. The first-order valence-corrected chi connectivity index (χ1v) is 7.23. The molecular weight excluding hydrogens is 309 g/mol. The van der Waals surface area contributed by atoms with Crippen molar-refractivity contribution in [3.8, 4) is 0 Å². The molecule has 4 nitrogen and oxygen atoms in total. The molecule has 0 fully saturated rings. The quantitative estimate of drug-likeness (QED) is 0.848. The molecule has 0 aliphatic rings. The zero-order valence-electron chi connectivity index (χ0n) is 11.9. The van der Waals surface area contributed by atoms with Gasteiger partial charge >= 0.3 is 0 Å².